The van der Waals surface area contributed by atoms with Gasteiger partial charge in [0.15, 0.2) is 0 Å². The monoisotopic (exact) mass is 325 g/mol. The first kappa shape index (κ1) is 13.8. The molecule has 1 aliphatic rings. The minimum Gasteiger partial charge on any atom is -0.293 e. The van der Waals surface area contributed by atoms with Crippen LogP contribution in [0.4, 0.5) is 17.6 Å². The molecule has 0 amide bonds. The van der Waals surface area contributed by atoms with Gasteiger partial charge in [-0.15, -0.1) is 0 Å². The summed E-state index contributed by atoms with van der Waals surface area (Å²) >= 11 is 2.96. The SMILES string of the molecule is Fc1ccc(F)c(CN2CCCC(F)(F)C2)c1Br. The summed E-state index contributed by atoms with van der Waals surface area (Å²) < 4.78 is 53.3. The number of hydrogen-bond donors (Lipinski definition) is 0. The van der Waals surface area contributed by atoms with Gasteiger partial charge in [-0.05, 0) is 41.0 Å². The fraction of sp³-hybridized carbons (Fsp3) is 0.500. The highest BCUT2D eigenvalue weighted by Crippen LogP contribution is 2.30. The van der Waals surface area contributed by atoms with E-state index in [1.54, 1.807) is 0 Å². The van der Waals surface area contributed by atoms with Crippen LogP contribution >= 0.6 is 15.9 Å². The van der Waals surface area contributed by atoms with Crippen LogP contribution in [0.25, 0.3) is 0 Å². The number of hydrogen-bond acceptors (Lipinski definition) is 1. The minimum absolute atomic E-state index is 0.0105. The molecule has 18 heavy (non-hydrogen) atoms. The van der Waals surface area contributed by atoms with Crippen LogP contribution in [-0.4, -0.2) is 23.9 Å². The van der Waals surface area contributed by atoms with Gasteiger partial charge in [0.2, 0.25) is 0 Å². The lowest BCUT2D eigenvalue weighted by atomic mass is 10.1. The third-order valence-corrected chi connectivity index (χ3v) is 3.85. The second kappa shape index (κ2) is 5.17. The molecule has 0 unspecified atom stereocenters. The van der Waals surface area contributed by atoms with Crippen LogP contribution in [0, 0.1) is 11.6 Å². The van der Waals surface area contributed by atoms with Crippen molar-refractivity contribution in [3.63, 3.8) is 0 Å². The zero-order valence-corrected chi connectivity index (χ0v) is 11.1. The van der Waals surface area contributed by atoms with E-state index in [1.165, 1.54) is 4.90 Å². The summed E-state index contributed by atoms with van der Waals surface area (Å²) in [6.07, 6.45) is 0.220. The molecule has 0 atom stereocenters. The van der Waals surface area contributed by atoms with Gasteiger partial charge in [0.1, 0.15) is 11.6 Å². The fourth-order valence-corrected chi connectivity index (χ4v) is 2.57. The van der Waals surface area contributed by atoms with E-state index in [0.29, 0.717) is 13.0 Å². The van der Waals surface area contributed by atoms with E-state index in [1.807, 2.05) is 0 Å². The van der Waals surface area contributed by atoms with Crippen molar-refractivity contribution in [2.24, 2.45) is 0 Å². The predicted molar refractivity (Wildman–Crippen MR) is 63.5 cm³/mol. The summed E-state index contributed by atoms with van der Waals surface area (Å²) in [5.41, 5.74) is 0.0905. The van der Waals surface area contributed by atoms with Gasteiger partial charge in [-0.3, -0.25) is 4.90 Å². The van der Waals surface area contributed by atoms with Crippen LogP contribution in [0.1, 0.15) is 18.4 Å². The molecule has 1 fully saturated rings. The third-order valence-electron chi connectivity index (χ3n) is 2.99. The van der Waals surface area contributed by atoms with Crippen molar-refractivity contribution in [2.75, 3.05) is 13.1 Å². The highest BCUT2D eigenvalue weighted by Gasteiger charge is 2.35. The number of alkyl halides is 2. The number of benzene rings is 1. The first-order chi connectivity index (χ1) is 8.39. The van der Waals surface area contributed by atoms with Gasteiger partial charge in [0, 0.05) is 18.5 Å². The van der Waals surface area contributed by atoms with Gasteiger partial charge in [0.05, 0.1) is 11.0 Å². The van der Waals surface area contributed by atoms with Gasteiger partial charge in [-0.2, -0.15) is 0 Å². The molecule has 1 saturated heterocycles. The largest absolute Gasteiger partial charge is 0.293 e. The predicted octanol–water partition coefficient (Wildman–Crippen LogP) is 3.96. The fourth-order valence-electron chi connectivity index (χ4n) is 2.12. The van der Waals surface area contributed by atoms with E-state index in [0.717, 1.165) is 12.1 Å². The molecular formula is C12H12BrF4N. The highest BCUT2D eigenvalue weighted by molar-refractivity contribution is 9.10. The zero-order valence-electron chi connectivity index (χ0n) is 9.53. The number of rotatable bonds is 2. The van der Waals surface area contributed by atoms with Gasteiger partial charge in [0.25, 0.3) is 5.92 Å². The van der Waals surface area contributed by atoms with E-state index in [9.17, 15) is 17.6 Å². The number of piperidine rings is 1. The lowest BCUT2D eigenvalue weighted by Gasteiger charge is -2.32. The second-order valence-electron chi connectivity index (χ2n) is 4.49. The molecule has 1 nitrogen and oxygen atoms in total. The quantitative estimate of drug-likeness (QED) is 0.587. The summed E-state index contributed by atoms with van der Waals surface area (Å²) in [6, 6.07) is 2.02. The molecule has 0 N–H and O–H groups in total. The van der Waals surface area contributed by atoms with Crippen molar-refractivity contribution in [1.29, 1.82) is 0 Å². The Morgan fingerprint density at radius 3 is 2.56 bits per heavy atom. The molecule has 0 bridgehead atoms. The average molecular weight is 326 g/mol. The molecule has 1 aromatic carbocycles. The van der Waals surface area contributed by atoms with Crippen molar-refractivity contribution in [3.8, 4) is 0 Å². The third kappa shape index (κ3) is 3.03. The molecule has 2 rings (SSSR count). The molecule has 0 aliphatic carbocycles. The van der Waals surface area contributed by atoms with Crippen LogP contribution < -0.4 is 0 Å². The molecule has 1 aromatic rings. The molecule has 6 heteroatoms. The molecule has 0 aromatic heterocycles. The smallest absolute Gasteiger partial charge is 0.260 e. The maximum Gasteiger partial charge on any atom is 0.260 e. The van der Waals surface area contributed by atoms with Crippen molar-refractivity contribution in [1.82, 2.24) is 4.90 Å². The van der Waals surface area contributed by atoms with Crippen LogP contribution in [-0.2, 0) is 6.54 Å². The topological polar surface area (TPSA) is 3.24 Å². The highest BCUT2D eigenvalue weighted by atomic mass is 79.9. The minimum atomic E-state index is -2.74. The molecular weight excluding hydrogens is 314 g/mol. The Morgan fingerprint density at radius 1 is 1.22 bits per heavy atom. The molecule has 1 heterocycles. The lowest BCUT2D eigenvalue weighted by Crippen LogP contribution is -2.42. The number of nitrogens with zero attached hydrogens (tertiary/aromatic N) is 1. The molecule has 100 valence electrons. The Balaban J connectivity index is 2.17. The molecule has 1 aliphatic heterocycles. The first-order valence-electron chi connectivity index (χ1n) is 5.61. The van der Waals surface area contributed by atoms with E-state index < -0.39 is 24.1 Å². The summed E-state index contributed by atoms with van der Waals surface area (Å²) in [6.45, 7) is 0.0488. The number of likely N-dealkylation sites (tertiary alicyclic amines) is 1. The van der Waals surface area contributed by atoms with E-state index in [4.69, 9.17) is 0 Å². The van der Waals surface area contributed by atoms with Gasteiger partial charge in [-0.1, -0.05) is 0 Å². The molecule has 0 saturated carbocycles. The summed E-state index contributed by atoms with van der Waals surface area (Å²) in [4.78, 5) is 1.45. The van der Waals surface area contributed by atoms with Crippen molar-refractivity contribution < 1.29 is 17.6 Å². The van der Waals surface area contributed by atoms with Crippen LogP contribution in [0.15, 0.2) is 16.6 Å². The normalized spacial score (nSPS) is 20.1. The van der Waals surface area contributed by atoms with E-state index in [-0.39, 0.29) is 23.0 Å². The molecule has 0 spiro atoms. The zero-order chi connectivity index (χ0) is 13.3. The first-order valence-corrected chi connectivity index (χ1v) is 6.41. The average Bonchev–Trinajstić information content (AvgIpc) is 2.28. The Bertz CT molecular complexity index is 450. The Labute approximate surface area is 111 Å². The standard InChI is InChI=1S/C12H12BrF4N/c13-11-8(9(14)2-3-10(11)15)6-18-5-1-4-12(16,17)7-18/h2-3H,1,4-7H2. The van der Waals surface area contributed by atoms with Gasteiger partial charge < -0.3 is 0 Å². The Hall–Kier alpha value is -0.620. The summed E-state index contributed by atoms with van der Waals surface area (Å²) in [5.74, 6) is -3.92. The Morgan fingerprint density at radius 2 is 1.89 bits per heavy atom. The van der Waals surface area contributed by atoms with Crippen molar-refractivity contribution >= 4 is 15.9 Å². The van der Waals surface area contributed by atoms with Crippen molar-refractivity contribution in [2.45, 2.75) is 25.3 Å². The van der Waals surface area contributed by atoms with E-state index >= 15 is 0 Å². The molecule has 0 radical (unpaired) electrons. The van der Waals surface area contributed by atoms with Crippen LogP contribution in [0.2, 0.25) is 0 Å². The van der Waals surface area contributed by atoms with E-state index in [2.05, 4.69) is 15.9 Å². The number of halogens is 5. The maximum absolute atomic E-state index is 13.6. The second-order valence-corrected chi connectivity index (χ2v) is 5.28. The summed E-state index contributed by atoms with van der Waals surface area (Å²) in [5, 5.41) is 0. The Kier molecular flexibility index (Phi) is 3.96. The van der Waals surface area contributed by atoms with Crippen LogP contribution in [0.3, 0.4) is 0 Å². The van der Waals surface area contributed by atoms with Crippen molar-refractivity contribution in [3.05, 3.63) is 33.8 Å². The van der Waals surface area contributed by atoms with Gasteiger partial charge in [-0.25, -0.2) is 17.6 Å². The summed E-state index contributed by atoms with van der Waals surface area (Å²) in [7, 11) is 0. The van der Waals surface area contributed by atoms with Crippen LogP contribution in [0.5, 0.6) is 0 Å². The van der Waals surface area contributed by atoms with Gasteiger partial charge >= 0.3 is 0 Å². The lowest BCUT2D eigenvalue weighted by molar-refractivity contribution is -0.0663. The maximum atomic E-state index is 13.6.